The molecule has 0 radical (unpaired) electrons. The first-order valence-corrected chi connectivity index (χ1v) is 5.02. The van der Waals surface area contributed by atoms with Crippen molar-refractivity contribution in [1.82, 2.24) is 4.98 Å². The van der Waals surface area contributed by atoms with E-state index in [1.165, 1.54) is 0 Å². The molecule has 0 aliphatic rings. The van der Waals surface area contributed by atoms with Gasteiger partial charge in [-0.15, -0.1) is 0 Å². The quantitative estimate of drug-likeness (QED) is 0.560. The van der Waals surface area contributed by atoms with Crippen LogP contribution in [0.4, 0.5) is 0 Å². The first kappa shape index (κ1) is 11.4. The Balaban J connectivity index is 2.58. The van der Waals surface area contributed by atoms with Crippen molar-refractivity contribution in [3.63, 3.8) is 0 Å². The van der Waals surface area contributed by atoms with Gasteiger partial charge >= 0.3 is 0 Å². The maximum absolute atomic E-state index is 5.45. The second-order valence-corrected chi connectivity index (χ2v) is 3.18. The molecule has 3 nitrogen and oxygen atoms in total. The van der Waals surface area contributed by atoms with E-state index in [-0.39, 0.29) is 0 Å². The van der Waals surface area contributed by atoms with E-state index in [4.69, 9.17) is 4.74 Å². The topological polar surface area (TPSA) is 34.5 Å². The van der Waals surface area contributed by atoms with E-state index in [0.717, 1.165) is 12.1 Å². The lowest BCUT2D eigenvalue weighted by Gasteiger charge is -2.02. The second-order valence-electron chi connectivity index (χ2n) is 3.18. The van der Waals surface area contributed by atoms with Gasteiger partial charge in [0.25, 0.3) is 0 Å². The summed E-state index contributed by atoms with van der Waals surface area (Å²) in [5.74, 6) is 1.33. The first-order chi connectivity index (χ1) is 7.22. The third kappa shape index (κ3) is 4.40. The SMILES string of the molecule is CC/C=C\N=C(/C)Oc1ccc(C)nc1. The minimum Gasteiger partial charge on any atom is -0.442 e. The zero-order valence-corrected chi connectivity index (χ0v) is 9.40. The Labute approximate surface area is 90.5 Å². The minimum atomic E-state index is 0.616. The summed E-state index contributed by atoms with van der Waals surface area (Å²) in [6.07, 6.45) is 6.39. The van der Waals surface area contributed by atoms with Crippen molar-refractivity contribution >= 4 is 5.90 Å². The minimum absolute atomic E-state index is 0.616. The number of nitrogens with zero attached hydrogens (tertiary/aromatic N) is 2. The molecule has 0 amide bonds. The van der Waals surface area contributed by atoms with E-state index >= 15 is 0 Å². The van der Waals surface area contributed by atoms with Gasteiger partial charge in [-0.3, -0.25) is 4.98 Å². The van der Waals surface area contributed by atoms with Gasteiger partial charge in [0.2, 0.25) is 0 Å². The van der Waals surface area contributed by atoms with Gasteiger partial charge in [0, 0.05) is 18.8 Å². The van der Waals surface area contributed by atoms with Crippen LogP contribution in [-0.2, 0) is 0 Å². The molecular formula is C12H16N2O. The van der Waals surface area contributed by atoms with Gasteiger partial charge in [-0.1, -0.05) is 13.0 Å². The van der Waals surface area contributed by atoms with Gasteiger partial charge in [0.05, 0.1) is 6.20 Å². The monoisotopic (exact) mass is 204 g/mol. The second kappa shape index (κ2) is 5.96. The summed E-state index contributed by atoms with van der Waals surface area (Å²) >= 11 is 0. The van der Waals surface area contributed by atoms with Crippen LogP contribution >= 0.6 is 0 Å². The molecule has 0 saturated carbocycles. The number of hydrogen-bond donors (Lipinski definition) is 0. The van der Waals surface area contributed by atoms with Crippen LogP contribution in [0.1, 0.15) is 26.0 Å². The number of aromatic nitrogens is 1. The van der Waals surface area contributed by atoms with E-state index in [2.05, 4.69) is 16.9 Å². The average Bonchev–Trinajstić information content (AvgIpc) is 2.22. The fourth-order valence-corrected chi connectivity index (χ4v) is 0.975. The summed E-state index contributed by atoms with van der Waals surface area (Å²) in [5, 5.41) is 0. The molecule has 1 aromatic heterocycles. The predicted octanol–water partition coefficient (Wildman–Crippen LogP) is 3.11. The van der Waals surface area contributed by atoms with Crippen LogP contribution in [0.3, 0.4) is 0 Å². The molecule has 0 atom stereocenters. The molecule has 0 aliphatic heterocycles. The third-order valence-electron chi connectivity index (χ3n) is 1.75. The molecule has 1 heterocycles. The van der Waals surface area contributed by atoms with Gasteiger partial charge in [-0.25, -0.2) is 4.99 Å². The van der Waals surface area contributed by atoms with Crippen LogP contribution in [0.15, 0.2) is 35.6 Å². The molecule has 1 rings (SSSR count). The molecule has 3 heteroatoms. The van der Waals surface area contributed by atoms with Gasteiger partial charge < -0.3 is 4.74 Å². The van der Waals surface area contributed by atoms with E-state index < -0.39 is 0 Å². The Morgan fingerprint density at radius 1 is 1.53 bits per heavy atom. The van der Waals surface area contributed by atoms with Crippen molar-refractivity contribution in [3.05, 3.63) is 36.3 Å². The van der Waals surface area contributed by atoms with Crippen molar-refractivity contribution in [3.8, 4) is 5.75 Å². The number of allylic oxidation sites excluding steroid dienone is 1. The summed E-state index contributed by atoms with van der Waals surface area (Å²) in [6, 6.07) is 3.79. The number of aliphatic imine (C=N–C) groups is 1. The van der Waals surface area contributed by atoms with Gasteiger partial charge in [-0.2, -0.15) is 0 Å². The normalized spacial score (nSPS) is 12.1. The van der Waals surface area contributed by atoms with Crippen LogP contribution in [0.5, 0.6) is 5.75 Å². The molecule has 0 unspecified atom stereocenters. The number of rotatable bonds is 3. The average molecular weight is 204 g/mol. The lowest BCUT2D eigenvalue weighted by Crippen LogP contribution is -2.02. The number of hydrogen-bond acceptors (Lipinski definition) is 3. The van der Waals surface area contributed by atoms with Crippen LogP contribution < -0.4 is 4.74 Å². The molecule has 1 aromatic rings. The van der Waals surface area contributed by atoms with Crippen LogP contribution in [0.2, 0.25) is 0 Å². The van der Waals surface area contributed by atoms with E-state index in [0.29, 0.717) is 11.6 Å². The highest BCUT2D eigenvalue weighted by molar-refractivity contribution is 5.76. The summed E-state index contributed by atoms with van der Waals surface area (Å²) in [5.41, 5.74) is 0.975. The number of pyridine rings is 1. The molecule has 0 aromatic carbocycles. The van der Waals surface area contributed by atoms with Gasteiger partial charge in [0.15, 0.2) is 5.90 Å². The number of ether oxygens (including phenoxy) is 1. The van der Waals surface area contributed by atoms with Crippen molar-refractivity contribution in [1.29, 1.82) is 0 Å². The highest BCUT2D eigenvalue weighted by Crippen LogP contribution is 2.08. The summed E-state index contributed by atoms with van der Waals surface area (Å²) in [6.45, 7) is 5.82. The van der Waals surface area contributed by atoms with Crippen molar-refractivity contribution in [2.45, 2.75) is 27.2 Å². The molecule has 0 fully saturated rings. The van der Waals surface area contributed by atoms with Crippen LogP contribution in [0.25, 0.3) is 0 Å². The Hall–Kier alpha value is -1.64. The fourth-order valence-electron chi connectivity index (χ4n) is 0.975. The fraction of sp³-hybridized carbons (Fsp3) is 0.333. The van der Waals surface area contributed by atoms with Gasteiger partial charge in [-0.05, 0) is 25.5 Å². The molecule has 15 heavy (non-hydrogen) atoms. The summed E-state index contributed by atoms with van der Waals surface area (Å²) in [7, 11) is 0. The Morgan fingerprint density at radius 3 is 2.93 bits per heavy atom. The zero-order valence-electron chi connectivity index (χ0n) is 9.40. The molecule has 0 spiro atoms. The maximum Gasteiger partial charge on any atom is 0.191 e. The zero-order chi connectivity index (χ0) is 11.1. The third-order valence-corrected chi connectivity index (χ3v) is 1.75. The Kier molecular flexibility index (Phi) is 4.54. The van der Waals surface area contributed by atoms with E-state index in [1.54, 1.807) is 12.4 Å². The summed E-state index contributed by atoms with van der Waals surface area (Å²) < 4.78 is 5.45. The molecule has 0 bridgehead atoms. The Morgan fingerprint density at radius 2 is 2.33 bits per heavy atom. The molecule has 0 aliphatic carbocycles. The molecule has 0 saturated heterocycles. The Bertz CT molecular complexity index is 352. The largest absolute Gasteiger partial charge is 0.442 e. The lowest BCUT2D eigenvalue weighted by molar-refractivity contribution is 0.543. The lowest BCUT2D eigenvalue weighted by atomic mass is 10.4. The van der Waals surface area contributed by atoms with Crippen LogP contribution in [0, 0.1) is 6.92 Å². The highest BCUT2D eigenvalue weighted by atomic mass is 16.5. The van der Waals surface area contributed by atoms with E-state index in [9.17, 15) is 0 Å². The predicted molar refractivity (Wildman–Crippen MR) is 62.1 cm³/mol. The summed E-state index contributed by atoms with van der Waals surface area (Å²) in [4.78, 5) is 8.25. The smallest absolute Gasteiger partial charge is 0.191 e. The van der Waals surface area contributed by atoms with Crippen molar-refractivity contribution < 1.29 is 4.74 Å². The highest BCUT2D eigenvalue weighted by Gasteiger charge is 1.95. The van der Waals surface area contributed by atoms with Crippen molar-refractivity contribution in [2.24, 2.45) is 4.99 Å². The van der Waals surface area contributed by atoms with Crippen LogP contribution in [-0.4, -0.2) is 10.9 Å². The first-order valence-electron chi connectivity index (χ1n) is 5.02. The van der Waals surface area contributed by atoms with Gasteiger partial charge in [0.1, 0.15) is 5.75 Å². The molecule has 80 valence electrons. The maximum atomic E-state index is 5.45. The van der Waals surface area contributed by atoms with E-state index in [1.807, 2.05) is 32.1 Å². The molecule has 0 N–H and O–H groups in total. The number of aryl methyl sites for hydroxylation is 1. The standard InChI is InChI=1S/C12H16N2O/c1-4-5-8-13-11(3)15-12-7-6-10(2)14-9-12/h5-9H,4H2,1-3H3/b8-5-,13-11+. The van der Waals surface area contributed by atoms with Crippen molar-refractivity contribution in [2.75, 3.05) is 0 Å². The molecular weight excluding hydrogens is 188 g/mol.